The van der Waals surface area contributed by atoms with Crippen molar-refractivity contribution < 1.29 is 0 Å². The molecule has 1 aliphatic rings. The van der Waals surface area contributed by atoms with E-state index < -0.39 is 0 Å². The first-order valence-corrected chi connectivity index (χ1v) is 7.97. The van der Waals surface area contributed by atoms with Gasteiger partial charge in [-0.2, -0.15) is 0 Å². The Hall–Kier alpha value is -2.06. The molecular weight excluding hydrogens is 268 g/mol. The van der Waals surface area contributed by atoms with Crippen molar-refractivity contribution in [2.24, 2.45) is 0 Å². The third-order valence-corrected chi connectivity index (χ3v) is 4.35. The predicted octanol–water partition coefficient (Wildman–Crippen LogP) is 3.75. The van der Waals surface area contributed by atoms with Crippen molar-refractivity contribution in [3.63, 3.8) is 0 Å². The lowest BCUT2D eigenvalue weighted by Crippen LogP contribution is -2.12. The van der Waals surface area contributed by atoms with E-state index in [0.717, 1.165) is 31.5 Å². The van der Waals surface area contributed by atoms with Crippen LogP contribution in [0.25, 0.3) is 5.57 Å². The first-order valence-electron chi connectivity index (χ1n) is 7.97. The van der Waals surface area contributed by atoms with Crippen molar-refractivity contribution in [2.45, 2.75) is 19.3 Å². The Labute approximate surface area is 133 Å². The Morgan fingerprint density at radius 2 is 1.73 bits per heavy atom. The zero-order chi connectivity index (χ0) is 15.5. The summed E-state index contributed by atoms with van der Waals surface area (Å²) in [6, 6.07) is 15.1. The number of nitrogens with two attached hydrogens (primary N) is 1. The van der Waals surface area contributed by atoms with Crippen LogP contribution in [-0.2, 0) is 12.8 Å². The quantitative estimate of drug-likeness (QED) is 0.873. The summed E-state index contributed by atoms with van der Waals surface area (Å²) < 4.78 is 0. The summed E-state index contributed by atoms with van der Waals surface area (Å²) in [7, 11) is 4.23. The first kappa shape index (κ1) is 14.9. The van der Waals surface area contributed by atoms with Gasteiger partial charge >= 0.3 is 0 Å². The lowest BCUT2D eigenvalue weighted by atomic mass is 9.92. The first-order chi connectivity index (χ1) is 10.7. The molecule has 0 saturated carbocycles. The summed E-state index contributed by atoms with van der Waals surface area (Å²) in [5.41, 5.74) is 13.9. The van der Waals surface area contributed by atoms with Crippen molar-refractivity contribution >= 4 is 11.3 Å². The SMILES string of the molecule is CN(C)CC/C=C1\c2ccccc2CCc2cccc(N)c21. The van der Waals surface area contributed by atoms with Crippen LogP contribution in [0.2, 0.25) is 0 Å². The van der Waals surface area contributed by atoms with Crippen LogP contribution in [0.1, 0.15) is 28.7 Å². The summed E-state index contributed by atoms with van der Waals surface area (Å²) in [4.78, 5) is 2.22. The van der Waals surface area contributed by atoms with Crippen molar-refractivity contribution in [1.82, 2.24) is 4.90 Å². The van der Waals surface area contributed by atoms with Crippen molar-refractivity contribution in [3.8, 4) is 0 Å². The number of fused-ring (bicyclic) bond motifs is 2. The summed E-state index contributed by atoms with van der Waals surface area (Å²) in [6.45, 7) is 1.05. The molecule has 0 heterocycles. The fourth-order valence-corrected chi connectivity index (χ4v) is 3.24. The monoisotopic (exact) mass is 292 g/mol. The Bertz CT molecular complexity index is 699. The van der Waals surface area contributed by atoms with Crippen LogP contribution in [0.5, 0.6) is 0 Å². The van der Waals surface area contributed by atoms with Gasteiger partial charge in [-0.25, -0.2) is 0 Å². The molecule has 0 saturated heterocycles. The second-order valence-electron chi connectivity index (χ2n) is 6.25. The Kier molecular flexibility index (Phi) is 4.30. The molecule has 0 unspecified atom stereocenters. The number of benzene rings is 2. The second-order valence-corrected chi connectivity index (χ2v) is 6.25. The fourth-order valence-electron chi connectivity index (χ4n) is 3.24. The molecule has 2 nitrogen and oxygen atoms in total. The second kappa shape index (κ2) is 6.37. The summed E-state index contributed by atoms with van der Waals surface area (Å²) in [5, 5.41) is 0. The van der Waals surface area contributed by atoms with E-state index in [1.807, 2.05) is 6.07 Å². The summed E-state index contributed by atoms with van der Waals surface area (Å²) >= 11 is 0. The molecule has 0 bridgehead atoms. The Morgan fingerprint density at radius 1 is 1.00 bits per heavy atom. The molecular formula is C20H24N2. The molecule has 0 aromatic heterocycles. The van der Waals surface area contributed by atoms with Crippen LogP contribution in [0.4, 0.5) is 5.69 Å². The van der Waals surface area contributed by atoms with Crippen molar-refractivity contribution in [1.29, 1.82) is 0 Å². The maximum atomic E-state index is 6.34. The third-order valence-electron chi connectivity index (χ3n) is 4.35. The van der Waals surface area contributed by atoms with Gasteiger partial charge in [0.2, 0.25) is 0 Å². The molecule has 2 N–H and O–H groups in total. The van der Waals surface area contributed by atoms with E-state index in [2.05, 4.69) is 61.5 Å². The number of anilines is 1. The van der Waals surface area contributed by atoms with Gasteiger partial charge in [0.1, 0.15) is 0 Å². The molecule has 114 valence electrons. The minimum atomic E-state index is 0.894. The maximum absolute atomic E-state index is 6.34. The lowest BCUT2D eigenvalue weighted by Gasteiger charge is -2.15. The molecule has 0 fully saturated rings. The molecule has 0 amide bonds. The van der Waals surface area contributed by atoms with E-state index in [1.165, 1.54) is 27.8 Å². The maximum Gasteiger partial charge on any atom is 0.0396 e. The number of hydrogen-bond donors (Lipinski definition) is 1. The van der Waals surface area contributed by atoms with Gasteiger partial charge in [0.25, 0.3) is 0 Å². The Morgan fingerprint density at radius 3 is 2.55 bits per heavy atom. The molecule has 1 aliphatic carbocycles. The number of nitrogens with zero attached hydrogens (tertiary/aromatic N) is 1. The molecule has 0 aliphatic heterocycles. The van der Waals surface area contributed by atoms with E-state index >= 15 is 0 Å². The van der Waals surface area contributed by atoms with E-state index in [0.29, 0.717) is 0 Å². The number of aryl methyl sites for hydroxylation is 2. The molecule has 0 spiro atoms. The molecule has 3 rings (SSSR count). The topological polar surface area (TPSA) is 29.3 Å². The fraction of sp³-hybridized carbons (Fsp3) is 0.300. The average Bonchev–Trinajstić information content (AvgIpc) is 2.66. The predicted molar refractivity (Wildman–Crippen MR) is 95.0 cm³/mol. The van der Waals surface area contributed by atoms with E-state index in [4.69, 9.17) is 5.73 Å². The molecule has 0 radical (unpaired) electrons. The van der Waals surface area contributed by atoms with Crippen LogP contribution in [-0.4, -0.2) is 25.5 Å². The smallest absolute Gasteiger partial charge is 0.0396 e. The van der Waals surface area contributed by atoms with Gasteiger partial charge < -0.3 is 10.6 Å². The standard InChI is InChI=1S/C20H24N2/c1-22(2)14-6-10-18-17-9-4-3-7-15(17)12-13-16-8-5-11-19(21)20(16)18/h3-5,7-11H,6,12-14,21H2,1-2H3/b18-10+. The molecule has 0 atom stereocenters. The van der Waals surface area contributed by atoms with Crippen LogP contribution in [0.15, 0.2) is 48.5 Å². The van der Waals surface area contributed by atoms with Crippen molar-refractivity contribution in [3.05, 3.63) is 70.8 Å². The number of nitrogen functional groups attached to an aromatic ring is 1. The van der Waals surface area contributed by atoms with Crippen LogP contribution in [0.3, 0.4) is 0 Å². The van der Waals surface area contributed by atoms with Crippen LogP contribution < -0.4 is 5.73 Å². The molecule has 22 heavy (non-hydrogen) atoms. The van der Waals surface area contributed by atoms with Gasteiger partial charge in [0.05, 0.1) is 0 Å². The van der Waals surface area contributed by atoms with Gasteiger partial charge in [-0.15, -0.1) is 0 Å². The lowest BCUT2D eigenvalue weighted by molar-refractivity contribution is 0.417. The third kappa shape index (κ3) is 2.93. The highest BCUT2D eigenvalue weighted by Gasteiger charge is 2.19. The van der Waals surface area contributed by atoms with E-state index in [-0.39, 0.29) is 0 Å². The largest absolute Gasteiger partial charge is 0.398 e. The summed E-state index contributed by atoms with van der Waals surface area (Å²) in [6.07, 6.45) is 5.53. The number of hydrogen-bond acceptors (Lipinski definition) is 2. The minimum absolute atomic E-state index is 0.894. The Balaban J connectivity index is 2.13. The molecule has 2 heteroatoms. The normalized spacial score (nSPS) is 15.5. The van der Waals surface area contributed by atoms with Gasteiger partial charge in [-0.05, 0) is 61.7 Å². The van der Waals surface area contributed by atoms with Crippen LogP contribution in [0, 0.1) is 0 Å². The minimum Gasteiger partial charge on any atom is -0.398 e. The van der Waals surface area contributed by atoms with Crippen molar-refractivity contribution in [2.75, 3.05) is 26.4 Å². The van der Waals surface area contributed by atoms with E-state index in [1.54, 1.807) is 0 Å². The average molecular weight is 292 g/mol. The molecule has 2 aromatic carbocycles. The van der Waals surface area contributed by atoms with Gasteiger partial charge in [0, 0.05) is 17.8 Å². The van der Waals surface area contributed by atoms with E-state index in [9.17, 15) is 0 Å². The number of rotatable bonds is 3. The zero-order valence-corrected chi connectivity index (χ0v) is 13.5. The summed E-state index contributed by atoms with van der Waals surface area (Å²) in [5.74, 6) is 0. The highest BCUT2D eigenvalue weighted by molar-refractivity contribution is 5.89. The zero-order valence-electron chi connectivity index (χ0n) is 13.5. The van der Waals surface area contributed by atoms with Gasteiger partial charge in [-0.3, -0.25) is 0 Å². The van der Waals surface area contributed by atoms with Gasteiger partial charge in [-0.1, -0.05) is 42.5 Å². The van der Waals surface area contributed by atoms with Gasteiger partial charge in [0.15, 0.2) is 0 Å². The molecule has 2 aromatic rings. The highest BCUT2D eigenvalue weighted by Crippen LogP contribution is 2.36. The highest BCUT2D eigenvalue weighted by atomic mass is 15.0. The van der Waals surface area contributed by atoms with Crippen LogP contribution >= 0.6 is 0 Å².